The van der Waals surface area contributed by atoms with Crippen molar-refractivity contribution in [2.45, 2.75) is 25.9 Å². The fraction of sp³-hybridized carbons (Fsp3) is 0.107. The number of anilines is 5. The molecule has 59 heavy (non-hydrogen) atoms. The van der Waals surface area contributed by atoms with Crippen LogP contribution in [0.1, 0.15) is 31.4 Å². The summed E-state index contributed by atoms with van der Waals surface area (Å²) in [4.78, 5) is 4.72. The molecule has 0 spiro atoms. The van der Waals surface area contributed by atoms with Crippen molar-refractivity contribution in [2.75, 3.05) is 9.80 Å². The van der Waals surface area contributed by atoms with E-state index in [1.807, 2.05) is 0 Å². The van der Waals surface area contributed by atoms with Crippen LogP contribution in [0.2, 0.25) is 0 Å². The summed E-state index contributed by atoms with van der Waals surface area (Å²) >= 11 is 0. The van der Waals surface area contributed by atoms with E-state index in [9.17, 15) is 0 Å². The standard InChI is InChI=1S/C56H44N2O/c1-38-15-13-22-45(35-38)58(53-26-14-17-40-16-9-10-23-47(40)53)44-30-27-39(28-31-44)41-29-34-52-51(36-41)48-24-11-12-25-49(48)55-50-33-32-46(37-54(50)59-56(52,55)2)57(42-18-5-3-6-19-42)43-20-7-4-8-21-43/h3-14,16-38,52H,15H2,1-2H3. The Morgan fingerprint density at radius 2 is 1.27 bits per heavy atom. The molecule has 284 valence electrons. The van der Waals surface area contributed by atoms with Gasteiger partial charge in [0.1, 0.15) is 11.4 Å². The molecule has 0 aromatic heterocycles. The zero-order valence-corrected chi connectivity index (χ0v) is 33.3. The molecule has 7 aromatic carbocycles. The molecule has 0 N–H and O–H groups in total. The molecule has 0 fully saturated rings. The quantitative estimate of drug-likeness (QED) is 0.161. The van der Waals surface area contributed by atoms with Gasteiger partial charge in [-0.3, -0.25) is 0 Å². The largest absolute Gasteiger partial charge is 0.481 e. The maximum absolute atomic E-state index is 7.23. The summed E-state index contributed by atoms with van der Waals surface area (Å²) < 4.78 is 7.23. The van der Waals surface area contributed by atoms with E-state index in [0.29, 0.717) is 5.92 Å². The van der Waals surface area contributed by atoms with Gasteiger partial charge in [-0.2, -0.15) is 0 Å². The Hall–Kier alpha value is -7.10. The molecule has 4 aliphatic rings. The first-order chi connectivity index (χ1) is 29.0. The van der Waals surface area contributed by atoms with Crippen LogP contribution in [0.5, 0.6) is 5.75 Å². The summed E-state index contributed by atoms with van der Waals surface area (Å²) in [5, 5.41) is 4.99. The van der Waals surface area contributed by atoms with Crippen LogP contribution >= 0.6 is 0 Å². The van der Waals surface area contributed by atoms with E-state index in [-0.39, 0.29) is 5.92 Å². The van der Waals surface area contributed by atoms with Gasteiger partial charge in [-0.05, 0) is 119 Å². The van der Waals surface area contributed by atoms with Crippen molar-refractivity contribution in [3.63, 3.8) is 0 Å². The van der Waals surface area contributed by atoms with Crippen LogP contribution in [-0.2, 0) is 0 Å². The second-order valence-electron chi connectivity index (χ2n) is 16.3. The molecule has 3 unspecified atom stereocenters. The van der Waals surface area contributed by atoms with Crippen molar-refractivity contribution in [3.8, 4) is 5.75 Å². The van der Waals surface area contributed by atoms with Crippen molar-refractivity contribution < 1.29 is 4.74 Å². The van der Waals surface area contributed by atoms with Gasteiger partial charge in [-0.25, -0.2) is 0 Å². The van der Waals surface area contributed by atoms with Gasteiger partial charge in [-0.1, -0.05) is 140 Å². The minimum Gasteiger partial charge on any atom is -0.481 e. The van der Waals surface area contributed by atoms with E-state index >= 15 is 0 Å². The number of hydrogen-bond donors (Lipinski definition) is 0. The highest BCUT2D eigenvalue weighted by Crippen LogP contribution is 2.53. The van der Waals surface area contributed by atoms with Crippen molar-refractivity contribution in [1.82, 2.24) is 0 Å². The van der Waals surface area contributed by atoms with Gasteiger partial charge in [0.2, 0.25) is 0 Å². The molecule has 0 radical (unpaired) electrons. The lowest BCUT2D eigenvalue weighted by Crippen LogP contribution is -2.50. The molecule has 3 atom stereocenters. The second kappa shape index (κ2) is 14.1. The Kier molecular flexibility index (Phi) is 8.37. The fourth-order valence-corrected chi connectivity index (χ4v) is 9.79. The van der Waals surface area contributed by atoms with Crippen molar-refractivity contribution in [3.05, 3.63) is 234 Å². The first-order valence-corrected chi connectivity index (χ1v) is 20.8. The van der Waals surface area contributed by atoms with Gasteiger partial charge in [-0.15, -0.1) is 0 Å². The Bertz CT molecular complexity index is 2980. The minimum atomic E-state index is -0.575. The number of allylic oxidation sites excluding steroid dienone is 6. The van der Waals surface area contributed by atoms with E-state index in [2.05, 4.69) is 230 Å². The van der Waals surface area contributed by atoms with Gasteiger partial charge < -0.3 is 14.5 Å². The zero-order chi connectivity index (χ0) is 39.5. The molecule has 3 aliphatic carbocycles. The van der Waals surface area contributed by atoms with Crippen LogP contribution < -0.4 is 25.0 Å². The Morgan fingerprint density at radius 1 is 0.610 bits per heavy atom. The molecule has 3 heteroatoms. The van der Waals surface area contributed by atoms with Crippen LogP contribution in [0, 0.1) is 11.8 Å². The smallest absolute Gasteiger partial charge is 0.143 e. The molecule has 0 bridgehead atoms. The van der Waals surface area contributed by atoms with Crippen LogP contribution in [0.4, 0.5) is 28.4 Å². The third-order valence-corrected chi connectivity index (χ3v) is 12.5. The fourth-order valence-electron chi connectivity index (χ4n) is 9.79. The summed E-state index contributed by atoms with van der Waals surface area (Å²) in [6, 6.07) is 61.2. The first kappa shape index (κ1) is 35.1. The number of fused-ring (bicyclic) bond motifs is 7. The van der Waals surface area contributed by atoms with Crippen molar-refractivity contribution >= 4 is 55.9 Å². The monoisotopic (exact) mass is 760 g/mol. The number of benzene rings is 7. The average molecular weight is 761 g/mol. The minimum absolute atomic E-state index is 0.0412. The van der Waals surface area contributed by atoms with Crippen LogP contribution in [0.15, 0.2) is 212 Å². The zero-order valence-electron chi connectivity index (χ0n) is 33.3. The second-order valence-corrected chi connectivity index (χ2v) is 16.3. The summed E-state index contributed by atoms with van der Waals surface area (Å²) in [6.07, 6.45) is 15.1. The topological polar surface area (TPSA) is 15.7 Å². The molecule has 0 saturated heterocycles. The van der Waals surface area contributed by atoms with Gasteiger partial charge in [0, 0.05) is 57.0 Å². The lowest BCUT2D eigenvalue weighted by atomic mass is 9.70. The van der Waals surface area contributed by atoms with E-state index in [1.54, 1.807) is 0 Å². The van der Waals surface area contributed by atoms with Crippen molar-refractivity contribution in [2.24, 2.45) is 11.8 Å². The normalized spacial score (nSPS) is 19.8. The van der Waals surface area contributed by atoms with Crippen LogP contribution in [0.25, 0.3) is 27.5 Å². The third-order valence-electron chi connectivity index (χ3n) is 12.5. The SMILES string of the molecule is CC1C=C(N(c2ccc(C3=CC4=c5ccccc5=C5c6ccc(N(c7ccccc7)c7ccccc7)cc6OC5(C)C4C=C3)cc2)c2cccc3ccccc23)C=CC1. The lowest BCUT2D eigenvalue weighted by molar-refractivity contribution is 0.141. The van der Waals surface area contributed by atoms with Crippen molar-refractivity contribution in [1.29, 1.82) is 0 Å². The molecular weight excluding hydrogens is 717 g/mol. The van der Waals surface area contributed by atoms with E-state index in [0.717, 1.165) is 40.5 Å². The highest BCUT2D eigenvalue weighted by Gasteiger charge is 2.49. The third kappa shape index (κ3) is 5.88. The van der Waals surface area contributed by atoms with Gasteiger partial charge in [0.25, 0.3) is 0 Å². The average Bonchev–Trinajstić information content (AvgIpc) is 3.60. The number of nitrogens with zero attached hydrogens (tertiary/aromatic N) is 2. The van der Waals surface area contributed by atoms with E-state index < -0.39 is 5.60 Å². The summed E-state index contributed by atoms with van der Waals surface area (Å²) in [7, 11) is 0. The highest BCUT2D eigenvalue weighted by atomic mass is 16.5. The predicted octanol–water partition coefficient (Wildman–Crippen LogP) is 12.7. The molecule has 0 amide bonds. The molecule has 0 saturated carbocycles. The van der Waals surface area contributed by atoms with Gasteiger partial charge in [0.15, 0.2) is 0 Å². The summed E-state index contributed by atoms with van der Waals surface area (Å²) in [5.74, 6) is 1.43. The summed E-state index contributed by atoms with van der Waals surface area (Å²) in [6.45, 7) is 4.58. The van der Waals surface area contributed by atoms with E-state index in [4.69, 9.17) is 4.74 Å². The number of rotatable bonds is 7. The number of hydrogen-bond acceptors (Lipinski definition) is 3. The molecule has 11 rings (SSSR count). The molecule has 1 heterocycles. The predicted molar refractivity (Wildman–Crippen MR) is 246 cm³/mol. The lowest BCUT2D eigenvalue weighted by Gasteiger charge is -2.38. The van der Waals surface area contributed by atoms with E-state index in [1.165, 1.54) is 54.9 Å². The Morgan fingerprint density at radius 3 is 2.03 bits per heavy atom. The van der Waals surface area contributed by atoms with Crippen LogP contribution in [0.3, 0.4) is 0 Å². The number of para-hydroxylation sites is 2. The van der Waals surface area contributed by atoms with Gasteiger partial charge >= 0.3 is 0 Å². The number of ether oxygens (including phenoxy) is 1. The first-order valence-electron chi connectivity index (χ1n) is 20.8. The maximum Gasteiger partial charge on any atom is 0.143 e. The Labute approximate surface area is 346 Å². The van der Waals surface area contributed by atoms with Crippen LogP contribution in [-0.4, -0.2) is 5.60 Å². The molecule has 7 aromatic rings. The molecular formula is C56H44N2O. The van der Waals surface area contributed by atoms with Gasteiger partial charge in [0.05, 0.1) is 5.69 Å². The highest BCUT2D eigenvalue weighted by molar-refractivity contribution is 5.98. The maximum atomic E-state index is 7.23. The molecule has 1 aliphatic heterocycles. The molecule has 3 nitrogen and oxygen atoms in total. The Balaban J connectivity index is 0.989. The summed E-state index contributed by atoms with van der Waals surface area (Å²) in [5.41, 5.74) is 12.3.